The maximum atomic E-state index is 11.9. The van der Waals surface area contributed by atoms with Crippen molar-refractivity contribution < 1.29 is 26.5 Å². The molecule has 0 aromatic carbocycles. The van der Waals surface area contributed by atoms with Crippen LogP contribution in [0, 0.1) is 13.8 Å². The van der Waals surface area contributed by atoms with Gasteiger partial charge in [0.25, 0.3) is 0 Å². The molecular weight excluding hydrogens is 421 g/mol. The molecule has 0 fully saturated rings. The van der Waals surface area contributed by atoms with Crippen molar-refractivity contribution in [3.05, 3.63) is 63.8 Å². The molecule has 0 saturated carbocycles. The number of rotatable bonds is 6. The number of carbonyl (C=O) groups excluding carboxylic acids is 1. The molecule has 0 aliphatic rings. The molecule has 0 saturated heterocycles. The molecule has 2 N–H and O–H groups in total. The van der Waals surface area contributed by atoms with Crippen LogP contribution in [0.4, 0.5) is 5.82 Å². The summed E-state index contributed by atoms with van der Waals surface area (Å²) >= 11 is 1.63. The topological polar surface area (TPSA) is 94.9 Å². The number of nitrogens with zero attached hydrogens (tertiary/aromatic N) is 4. The number of aryl methyl sites for hydroxylation is 1. The lowest BCUT2D eigenvalue weighted by atomic mass is 10.2. The number of carbonyl (C=O) groups is 1. The summed E-state index contributed by atoms with van der Waals surface area (Å²) in [4.78, 5) is 25.4. The van der Waals surface area contributed by atoms with Crippen LogP contribution in [-0.2, 0) is 17.7 Å². The normalized spacial score (nSPS) is 9.93. The molecule has 0 aliphatic heterocycles. The maximum absolute atomic E-state index is 11.9. The molecule has 3 heterocycles. The molecule has 7 nitrogen and oxygen atoms in total. The third-order valence-electron chi connectivity index (χ3n) is 3.98. The molecule has 0 unspecified atom stereocenters. The quantitative estimate of drug-likeness (QED) is 0.401. The van der Waals surface area contributed by atoms with Gasteiger partial charge in [0.2, 0.25) is 5.51 Å². The van der Waals surface area contributed by atoms with E-state index in [0.29, 0.717) is 36.8 Å². The maximum Gasteiger partial charge on any atom is 0.339 e. The monoisotopic (exact) mass is 441 g/mol. The number of halogens is 2. The number of esters is 1. The fraction of sp³-hybridized carbons (Fsp3) is 0.278. The Morgan fingerprint density at radius 3 is 2.79 bits per heavy atom. The van der Waals surface area contributed by atoms with E-state index in [0.717, 1.165) is 16.1 Å². The van der Waals surface area contributed by atoms with E-state index in [-0.39, 0.29) is 30.8 Å². The standard InChI is InChI=1S/C18H20N5O2S.2ClH/c1-12-16(5-7-25-18(24)14-4-3-6-20-8-14)26-11-23(12)10-15-9-21-13(2)22-17(15)19;;/h3-4,6,8-9,11H,5,7,10H2,1-2H3,(H2,19,21,22);2*1H/q+1;;/p-1. The van der Waals surface area contributed by atoms with Gasteiger partial charge in [0.1, 0.15) is 11.6 Å². The van der Waals surface area contributed by atoms with Crippen molar-refractivity contribution in [2.24, 2.45) is 0 Å². The van der Waals surface area contributed by atoms with Gasteiger partial charge in [-0.15, -0.1) is 12.4 Å². The Bertz CT molecular complexity index is 922. The molecule has 0 radical (unpaired) electrons. The number of aromatic nitrogens is 4. The van der Waals surface area contributed by atoms with Crippen molar-refractivity contribution >= 4 is 35.5 Å². The summed E-state index contributed by atoms with van der Waals surface area (Å²) in [6.45, 7) is 4.79. The smallest absolute Gasteiger partial charge is 0.339 e. The van der Waals surface area contributed by atoms with E-state index in [4.69, 9.17) is 10.5 Å². The van der Waals surface area contributed by atoms with Gasteiger partial charge in [-0.25, -0.2) is 14.8 Å². The number of pyridine rings is 1. The average molecular weight is 442 g/mol. The zero-order valence-corrected chi connectivity index (χ0v) is 17.9. The predicted molar refractivity (Wildman–Crippen MR) is 105 cm³/mol. The van der Waals surface area contributed by atoms with Crippen molar-refractivity contribution in [3.8, 4) is 0 Å². The summed E-state index contributed by atoms with van der Waals surface area (Å²) in [5.41, 5.74) is 10.5. The highest BCUT2D eigenvalue weighted by Gasteiger charge is 2.18. The van der Waals surface area contributed by atoms with E-state index in [1.54, 1.807) is 35.9 Å². The number of thiazole rings is 1. The lowest BCUT2D eigenvalue weighted by molar-refractivity contribution is -0.689. The number of hydrogen-bond acceptors (Lipinski definition) is 7. The van der Waals surface area contributed by atoms with Gasteiger partial charge in [0.15, 0.2) is 12.2 Å². The van der Waals surface area contributed by atoms with Crippen molar-refractivity contribution in [1.29, 1.82) is 0 Å². The minimum atomic E-state index is -0.357. The molecule has 3 rings (SSSR count). The highest BCUT2D eigenvalue weighted by atomic mass is 35.5. The molecule has 28 heavy (non-hydrogen) atoms. The van der Waals surface area contributed by atoms with Crippen LogP contribution in [0.1, 0.15) is 32.3 Å². The molecule has 3 aromatic heterocycles. The molecule has 0 spiro atoms. The van der Waals surface area contributed by atoms with Crippen LogP contribution in [0.2, 0.25) is 0 Å². The summed E-state index contributed by atoms with van der Waals surface area (Å²) in [7, 11) is 0. The van der Waals surface area contributed by atoms with Gasteiger partial charge in [-0.1, -0.05) is 11.3 Å². The number of hydrogen-bond donors (Lipinski definition) is 1. The number of nitrogen functional groups attached to an aromatic ring is 1. The number of anilines is 1. The van der Waals surface area contributed by atoms with Crippen LogP contribution in [0.5, 0.6) is 0 Å². The van der Waals surface area contributed by atoms with E-state index in [2.05, 4.69) is 19.5 Å². The van der Waals surface area contributed by atoms with Gasteiger partial charge in [-0.05, 0) is 19.1 Å². The second kappa shape index (κ2) is 10.9. The van der Waals surface area contributed by atoms with Gasteiger partial charge in [0, 0.05) is 31.9 Å². The first-order valence-corrected chi connectivity index (χ1v) is 9.04. The summed E-state index contributed by atoms with van der Waals surface area (Å²) in [5, 5.41) is 0. The second-order valence-corrected chi connectivity index (χ2v) is 6.75. The molecule has 0 atom stereocenters. The van der Waals surface area contributed by atoms with E-state index in [1.807, 2.05) is 19.4 Å². The van der Waals surface area contributed by atoms with Crippen LogP contribution in [0.3, 0.4) is 0 Å². The molecule has 0 aliphatic carbocycles. The Hall–Kier alpha value is -2.29. The number of ether oxygens (including phenoxy) is 1. The minimum Gasteiger partial charge on any atom is -1.00 e. The minimum absolute atomic E-state index is 0. The fourth-order valence-electron chi connectivity index (χ4n) is 2.47. The summed E-state index contributed by atoms with van der Waals surface area (Å²) in [5.74, 6) is 0.807. The largest absolute Gasteiger partial charge is 1.00 e. The Morgan fingerprint density at radius 1 is 1.32 bits per heavy atom. The Morgan fingerprint density at radius 2 is 2.11 bits per heavy atom. The van der Waals surface area contributed by atoms with E-state index < -0.39 is 0 Å². The Balaban J connectivity index is 0.00000196. The molecule has 150 valence electrons. The first-order valence-electron chi connectivity index (χ1n) is 8.16. The highest BCUT2D eigenvalue weighted by molar-refractivity contribution is 7.09. The van der Waals surface area contributed by atoms with Gasteiger partial charge in [-0.2, -0.15) is 4.57 Å². The second-order valence-electron chi connectivity index (χ2n) is 5.82. The van der Waals surface area contributed by atoms with Crippen LogP contribution < -0.4 is 22.7 Å². The SMILES string of the molecule is Cc1ncc(C[n+]2csc(CCOC(=O)c3cccnc3)c2C)c(N)n1.Cl.[Cl-]. The fourth-order valence-corrected chi connectivity index (χ4v) is 3.44. The Kier molecular flexibility index (Phi) is 9.24. The zero-order chi connectivity index (χ0) is 18.5. The third kappa shape index (κ3) is 5.85. The van der Waals surface area contributed by atoms with Crippen molar-refractivity contribution in [2.75, 3.05) is 12.3 Å². The van der Waals surface area contributed by atoms with Crippen LogP contribution >= 0.6 is 23.7 Å². The van der Waals surface area contributed by atoms with Gasteiger partial charge < -0.3 is 22.9 Å². The molecule has 0 amide bonds. The Labute approximate surface area is 179 Å². The van der Waals surface area contributed by atoms with Crippen molar-refractivity contribution in [3.63, 3.8) is 0 Å². The summed E-state index contributed by atoms with van der Waals surface area (Å²) < 4.78 is 7.43. The van der Waals surface area contributed by atoms with Crippen LogP contribution in [0.25, 0.3) is 0 Å². The molecular formula is C18H21Cl2N5O2S. The summed E-state index contributed by atoms with van der Waals surface area (Å²) in [6, 6.07) is 3.40. The first-order chi connectivity index (χ1) is 12.5. The number of nitrogens with two attached hydrogens (primary N) is 1. The van der Waals surface area contributed by atoms with E-state index in [9.17, 15) is 4.79 Å². The molecule has 10 heteroatoms. The summed E-state index contributed by atoms with van der Waals surface area (Å²) in [6.07, 6.45) is 5.55. The van der Waals surface area contributed by atoms with Gasteiger partial charge >= 0.3 is 5.97 Å². The third-order valence-corrected chi connectivity index (χ3v) is 5.12. The van der Waals surface area contributed by atoms with Crippen LogP contribution in [-0.4, -0.2) is 27.5 Å². The lowest BCUT2D eigenvalue weighted by Gasteiger charge is -2.04. The van der Waals surface area contributed by atoms with Crippen molar-refractivity contribution in [1.82, 2.24) is 15.0 Å². The molecule has 0 bridgehead atoms. The highest BCUT2D eigenvalue weighted by Crippen LogP contribution is 2.14. The van der Waals surface area contributed by atoms with Crippen molar-refractivity contribution in [2.45, 2.75) is 26.8 Å². The first kappa shape index (κ1) is 23.7. The predicted octanol–water partition coefficient (Wildman–Crippen LogP) is -0.707. The van der Waals surface area contributed by atoms with Gasteiger partial charge in [0.05, 0.1) is 22.6 Å². The zero-order valence-electron chi connectivity index (χ0n) is 15.5. The van der Waals surface area contributed by atoms with Crippen LogP contribution in [0.15, 0.2) is 36.2 Å². The molecule has 3 aromatic rings. The average Bonchev–Trinajstić information content (AvgIpc) is 2.98. The van der Waals surface area contributed by atoms with Gasteiger partial charge in [-0.3, -0.25) is 4.98 Å². The van der Waals surface area contributed by atoms with E-state index in [1.165, 1.54) is 6.20 Å². The lowest BCUT2D eigenvalue weighted by Crippen LogP contribution is -3.00. The van der Waals surface area contributed by atoms with E-state index >= 15 is 0 Å².